The predicted octanol–water partition coefficient (Wildman–Crippen LogP) is 4.33. The maximum Gasteiger partial charge on any atom is 0.271 e. The zero-order valence-electron chi connectivity index (χ0n) is 17.3. The zero-order chi connectivity index (χ0) is 22.8. The molecule has 1 amide bonds. The molecule has 1 aliphatic heterocycles. The Morgan fingerprint density at radius 3 is 2.69 bits per heavy atom. The molecule has 2 heterocycles. The van der Waals surface area contributed by atoms with Crippen molar-refractivity contribution < 1.29 is 13.6 Å². The van der Waals surface area contributed by atoms with E-state index >= 15 is 0 Å². The second-order valence-corrected chi connectivity index (χ2v) is 8.19. The van der Waals surface area contributed by atoms with Gasteiger partial charge in [0.15, 0.2) is 11.6 Å². The molecule has 1 aliphatic rings. The number of amides is 1. The summed E-state index contributed by atoms with van der Waals surface area (Å²) in [6.45, 7) is 2.93. The molecule has 2 aromatic carbocycles. The van der Waals surface area contributed by atoms with Crippen LogP contribution >= 0.6 is 11.6 Å². The van der Waals surface area contributed by atoms with Crippen molar-refractivity contribution in [2.75, 3.05) is 23.3 Å². The van der Waals surface area contributed by atoms with Crippen LogP contribution in [0.1, 0.15) is 18.4 Å². The minimum Gasteiger partial charge on any atom is -0.354 e. The number of hydrogen-bond donors (Lipinski definition) is 1. The Morgan fingerprint density at radius 1 is 1.12 bits per heavy atom. The monoisotopic (exact) mass is 458 g/mol. The van der Waals surface area contributed by atoms with Crippen LogP contribution in [-0.2, 0) is 4.79 Å². The Bertz CT molecular complexity index is 1230. The third-order valence-electron chi connectivity index (χ3n) is 5.49. The van der Waals surface area contributed by atoms with Crippen LogP contribution in [0.4, 0.5) is 20.3 Å². The van der Waals surface area contributed by atoms with Crippen molar-refractivity contribution in [3.63, 3.8) is 0 Å². The Morgan fingerprint density at radius 2 is 1.94 bits per heavy atom. The number of anilines is 2. The predicted molar refractivity (Wildman–Crippen MR) is 120 cm³/mol. The van der Waals surface area contributed by atoms with E-state index in [9.17, 15) is 18.4 Å². The highest BCUT2D eigenvalue weighted by atomic mass is 35.5. The molecule has 4 rings (SSSR count). The largest absolute Gasteiger partial charge is 0.354 e. The number of nitrogens with zero attached hydrogens (tertiary/aromatic N) is 3. The molecular weight excluding hydrogens is 438 g/mol. The van der Waals surface area contributed by atoms with E-state index in [2.05, 4.69) is 10.4 Å². The third kappa shape index (κ3) is 4.65. The van der Waals surface area contributed by atoms with Gasteiger partial charge in [-0.3, -0.25) is 9.59 Å². The number of rotatable bonds is 4. The molecule has 1 atom stereocenters. The lowest BCUT2D eigenvalue weighted by atomic mass is 9.97. The summed E-state index contributed by atoms with van der Waals surface area (Å²) < 4.78 is 27.8. The number of carbonyl (C=O) groups excluding carboxylic acids is 1. The third-order valence-corrected chi connectivity index (χ3v) is 5.90. The molecule has 1 saturated heterocycles. The summed E-state index contributed by atoms with van der Waals surface area (Å²) in [5.41, 5.74) is 1.36. The number of aromatic nitrogens is 2. The summed E-state index contributed by atoms with van der Waals surface area (Å²) in [5, 5.41) is 7.67. The average molecular weight is 459 g/mol. The Labute approximate surface area is 188 Å². The minimum absolute atomic E-state index is 0.203. The molecule has 1 aromatic heterocycles. The molecule has 0 spiro atoms. The van der Waals surface area contributed by atoms with Crippen LogP contribution < -0.4 is 15.8 Å². The van der Waals surface area contributed by atoms with Gasteiger partial charge in [-0.1, -0.05) is 17.7 Å². The van der Waals surface area contributed by atoms with Gasteiger partial charge in [0, 0.05) is 35.9 Å². The van der Waals surface area contributed by atoms with Crippen molar-refractivity contribution in [2.24, 2.45) is 5.92 Å². The first-order valence-electron chi connectivity index (χ1n) is 10.2. The van der Waals surface area contributed by atoms with Crippen LogP contribution in [0.25, 0.3) is 5.69 Å². The first kappa shape index (κ1) is 22.0. The maximum absolute atomic E-state index is 13.4. The molecule has 3 aromatic rings. The molecule has 6 nitrogen and oxygen atoms in total. The highest BCUT2D eigenvalue weighted by Crippen LogP contribution is 2.24. The Kier molecular flexibility index (Phi) is 6.23. The van der Waals surface area contributed by atoms with Crippen LogP contribution in [0.3, 0.4) is 0 Å². The fraction of sp³-hybridized carbons (Fsp3) is 0.261. The maximum atomic E-state index is 13.4. The van der Waals surface area contributed by atoms with E-state index < -0.39 is 11.6 Å². The van der Waals surface area contributed by atoms with Gasteiger partial charge in [0.2, 0.25) is 5.91 Å². The second kappa shape index (κ2) is 9.08. The summed E-state index contributed by atoms with van der Waals surface area (Å²) in [6, 6.07) is 11.6. The highest BCUT2D eigenvalue weighted by molar-refractivity contribution is 6.31. The van der Waals surface area contributed by atoms with Crippen LogP contribution in [0.15, 0.2) is 53.3 Å². The van der Waals surface area contributed by atoms with Crippen molar-refractivity contribution in [1.82, 2.24) is 9.78 Å². The topological polar surface area (TPSA) is 67.2 Å². The van der Waals surface area contributed by atoms with Gasteiger partial charge >= 0.3 is 0 Å². The standard InChI is InChI=1S/C23H21ClF2N4O2/c1-14-4-6-17(12-18(14)24)30-22(31)9-8-21(28-30)29-10-2-3-15(13-29)23(32)27-16-5-7-19(25)20(26)11-16/h4-9,11-12,15H,2-3,10,13H2,1H3,(H,27,32). The molecule has 32 heavy (non-hydrogen) atoms. The summed E-state index contributed by atoms with van der Waals surface area (Å²) >= 11 is 6.20. The highest BCUT2D eigenvalue weighted by Gasteiger charge is 2.27. The summed E-state index contributed by atoms with van der Waals surface area (Å²) in [4.78, 5) is 27.0. The normalized spacial score (nSPS) is 16.1. The quantitative estimate of drug-likeness (QED) is 0.632. The number of hydrogen-bond acceptors (Lipinski definition) is 4. The van der Waals surface area contributed by atoms with Gasteiger partial charge < -0.3 is 10.2 Å². The van der Waals surface area contributed by atoms with Crippen molar-refractivity contribution in [1.29, 1.82) is 0 Å². The molecule has 166 valence electrons. The van der Waals surface area contributed by atoms with Crippen molar-refractivity contribution in [2.45, 2.75) is 19.8 Å². The van der Waals surface area contributed by atoms with Crippen molar-refractivity contribution in [3.8, 4) is 5.69 Å². The van der Waals surface area contributed by atoms with Gasteiger partial charge in [0.25, 0.3) is 5.56 Å². The molecular formula is C23H21ClF2N4O2. The van der Waals surface area contributed by atoms with Crippen LogP contribution in [0.5, 0.6) is 0 Å². The summed E-state index contributed by atoms with van der Waals surface area (Å²) in [6.07, 6.45) is 1.40. The van der Waals surface area contributed by atoms with Crippen molar-refractivity contribution >= 4 is 29.0 Å². The van der Waals surface area contributed by atoms with Gasteiger partial charge in [-0.2, -0.15) is 4.68 Å². The van der Waals surface area contributed by atoms with E-state index in [-0.39, 0.29) is 23.1 Å². The average Bonchev–Trinajstić information content (AvgIpc) is 2.78. The van der Waals surface area contributed by atoms with Crippen molar-refractivity contribution in [3.05, 3.63) is 81.1 Å². The van der Waals surface area contributed by atoms with Gasteiger partial charge in [-0.05, 0) is 55.7 Å². The van der Waals surface area contributed by atoms with Gasteiger partial charge in [-0.25, -0.2) is 8.78 Å². The van der Waals surface area contributed by atoms with E-state index in [0.29, 0.717) is 36.0 Å². The molecule has 9 heteroatoms. The lowest BCUT2D eigenvalue weighted by molar-refractivity contribution is -0.120. The number of piperidine rings is 1. The number of aryl methyl sites for hydroxylation is 1. The Hall–Kier alpha value is -3.26. The van der Waals surface area contributed by atoms with E-state index in [1.54, 1.807) is 18.2 Å². The SMILES string of the molecule is Cc1ccc(-n2nc(N3CCCC(C(=O)Nc4ccc(F)c(F)c4)C3)ccc2=O)cc1Cl. The fourth-order valence-corrected chi connectivity index (χ4v) is 3.86. The molecule has 1 unspecified atom stereocenters. The molecule has 0 saturated carbocycles. The van der Waals surface area contributed by atoms with Crippen LogP contribution in [0.2, 0.25) is 5.02 Å². The minimum atomic E-state index is -1.02. The smallest absolute Gasteiger partial charge is 0.271 e. The van der Waals surface area contributed by atoms with E-state index in [4.69, 9.17) is 11.6 Å². The number of nitrogens with one attached hydrogen (secondary N) is 1. The molecule has 0 bridgehead atoms. The van der Waals surface area contributed by atoms with Crippen LogP contribution in [0, 0.1) is 24.5 Å². The lowest BCUT2D eigenvalue weighted by Crippen LogP contribution is -2.41. The molecule has 1 fully saturated rings. The number of halogens is 3. The first-order chi connectivity index (χ1) is 15.3. The van der Waals surface area contributed by atoms with Crippen LogP contribution in [-0.4, -0.2) is 28.8 Å². The van der Waals surface area contributed by atoms with E-state index in [1.807, 2.05) is 17.9 Å². The number of carbonyl (C=O) groups is 1. The van der Waals surface area contributed by atoms with Gasteiger partial charge in [-0.15, -0.1) is 5.10 Å². The Balaban J connectivity index is 1.52. The lowest BCUT2D eigenvalue weighted by Gasteiger charge is -2.33. The second-order valence-electron chi connectivity index (χ2n) is 7.78. The summed E-state index contributed by atoms with van der Waals surface area (Å²) in [5.74, 6) is -2.07. The molecule has 0 radical (unpaired) electrons. The molecule has 0 aliphatic carbocycles. The molecule has 1 N–H and O–H groups in total. The summed E-state index contributed by atoms with van der Waals surface area (Å²) in [7, 11) is 0. The van der Waals surface area contributed by atoms with E-state index in [0.717, 1.165) is 24.1 Å². The van der Waals surface area contributed by atoms with E-state index in [1.165, 1.54) is 16.8 Å². The van der Waals surface area contributed by atoms with Gasteiger partial charge in [0.1, 0.15) is 5.82 Å². The first-order valence-corrected chi connectivity index (χ1v) is 10.6. The zero-order valence-corrected chi connectivity index (χ0v) is 18.1. The number of benzene rings is 2. The van der Waals surface area contributed by atoms with Gasteiger partial charge in [0.05, 0.1) is 11.6 Å². The fourth-order valence-electron chi connectivity index (χ4n) is 3.69.